The van der Waals surface area contributed by atoms with Crippen molar-refractivity contribution in [2.24, 2.45) is 0 Å². The number of carboxylic acids is 1. The normalized spacial score (nSPS) is 9.43. The summed E-state index contributed by atoms with van der Waals surface area (Å²) in [5.74, 6) is -2.70. The van der Waals surface area contributed by atoms with Crippen LogP contribution in [0.4, 0.5) is 0 Å². The van der Waals surface area contributed by atoms with Crippen LogP contribution in [0.1, 0.15) is 5.69 Å². The standard InChI is InChI=1S/C8H8N2O4/c11-7(8(12)13)9-5-6-3-1-2-4-10(6)14/h1-4H,5H2,(H,9,11)(H,12,13). The Morgan fingerprint density at radius 3 is 2.79 bits per heavy atom. The number of amides is 1. The van der Waals surface area contributed by atoms with Gasteiger partial charge in [-0.3, -0.25) is 4.79 Å². The lowest BCUT2D eigenvalue weighted by Gasteiger charge is -2.03. The van der Waals surface area contributed by atoms with Crippen molar-refractivity contribution >= 4 is 11.9 Å². The second-order valence-corrected chi connectivity index (χ2v) is 2.51. The van der Waals surface area contributed by atoms with Crippen molar-refractivity contribution in [2.45, 2.75) is 6.54 Å². The van der Waals surface area contributed by atoms with Gasteiger partial charge in [0.15, 0.2) is 6.20 Å². The molecule has 1 aromatic heterocycles. The van der Waals surface area contributed by atoms with Crippen LogP contribution in [-0.2, 0) is 16.1 Å². The summed E-state index contributed by atoms with van der Waals surface area (Å²) < 4.78 is 0.558. The average molecular weight is 196 g/mol. The molecule has 1 amide bonds. The maximum Gasteiger partial charge on any atom is 0.394 e. The number of nitrogens with one attached hydrogen (secondary N) is 1. The molecule has 6 heteroatoms. The number of rotatable bonds is 2. The number of nitrogens with zero attached hydrogens (tertiary/aromatic N) is 1. The van der Waals surface area contributed by atoms with Crippen LogP contribution < -0.4 is 10.0 Å². The molecule has 0 bridgehead atoms. The summed E-state index contributed by atoms with van der Waals surface area (Å²) in [6, 6.07) is 4.65. The Bertz CT molecular complexity index is 364. The molecule has 0 aliphatic carbocycles. The molecule has 14 heavy (non-hydrogen) atoms. The molecule has 6 nitrogen and oxygen atoms in total. The first-order chi connectivity index (χ1) is 6.61. The summed E-state index contributed by atoms with van der Waals surface area (Å²) in [6.07, 6.45) is 1.27. The monoisotopic (exact) mass is 196 g/mol. The molecule has 1 heterocycles. The van der Waals surface area contributed by atoms with E-state index in [1.54, 1.807) is 6.07 Å². The Hall–Kier alpha value is -2.11. The molecule has 0 saturated heterocycles. The fourth-order valence-corrected chi connectivity index (χ4v) is 0.847. The van der Waals surface area contributed by atoms with Crippen LogP contribution in [0.3, 0.4) is 0 Å². The quantitative estimate of drug-likeness (QED) is 0.361. The molecule has 0 atom stereocenters. The summed E-state index contributed by atoms with van der Waals surface area (Å²) >= 11 is 0. The summed E-state index contributed by atoms with van der Waals surface area (Å²) in [4.78, 5) is 20.7. The van der Waals surface area contributed by atoms with E-state index < -0.39 is 11.9 Å². The highest BCUT2D eigenvalue weighted by Crippen LogP contribution is 1.89. The van der Waals surface area contributed by atoms with E-state index in [1.807, 2.05) is 0 Å². The van der Waals surface area contributed by atoms with Crippen molar-refractivity contribution in [3.63, 3.8) is 0 Å². The number of hydrogen-bond donors (Lipinski definition) is 2. The number of pyridine rings is 1. The number of carbonyl (C=O) groups excluding carboxylic acids is 1. The van der Waals surface area contributed by atoms with Crippen molar-refractivity contribution in [3.05, 3.63) is 35.3 Å². The van der Waals surface area contributed by atoms with E-state index >= 15 is 0 Å². The first kappa shape index (κ1) is 9.97. The molecule has 1 aromatic rings. The molecule has 0 unspecified atom stereocenters. The van der Waals surface area contributed by atoms with Crippen LogP contribution in [0, 0.1) is 5.21 Å². The van der Waals surface area contributed by atoms with Gasteiger partial charge in [0.25, 0.3) is 0 Å². The summed E-state index contributed by atoms with van der Waals surface area (Å²) in [5, 5.41) is 21.3. The van der Waals surface area contributed by atoms with Gasteiger partial charge in [0.2, 0.25) is 5.69 Å². The molecule has 0 radical (unpaired) electrons. The Balaban J connectivity index is 2.58. The Morgan fingerprint density at radius 2 is 2.21 bits per heavy atom. The molecular formula is C8H8N2O4. The van der Waals surface area contributed by atoms with Crippen LogP contribution in [0.5, 0.6) is 0 Å². The van der Waals surface area contributed by atoms with Crippen LogP contribution >= 0.6 is 0 Å². The van der Waals surface area contributed by atoms with Gasteiger partial charge in [-0.25, -0.2) is 4.79 Å². The zero-order valence-corrected chi connectivity index (χ0v) is 7.14. The minimum atomic E-state index is -1.57. The Labute approximate surface area is 79.4 Å². The van der Waals surface area contributed by atoms with Gasteiger partial charge in [-0.05, 0) is 6.07 Å². The molecule has 2 N–H and O–H groups in total. The van der Waals surface area contributed by atoms with Gasteiger partial charge in [0.1, 0.15) is 6.54 Å². The van der Waals surface area contributed by atoms with E-state index in [0.29, 0.717) is 4.73 Å². The van der Waals surface area contributed by atoms with E-state index in [0.717, 1.165) is 0 Å². The second-order valence-electron chi connectivity index (χ2n) is 2.51. The average Bonchev–Trinajstić information content (AvgIpc) is 2.16. The van der Waals surface area contributed by atoms with Crippen molar-refractivity contribution in [1.82, 2.24) is 5.32 Å². The lowest BCUT2D eigenvalue weighted by atomic mass is 10.3. The highest BCUT2D eigenvalue weighted by molar-refractivity contribution is 6.31. The lowest BCUT2D eigenvalue weighted by Crippen LogP contribution is -2.37. The van der Waals surface area contributed by atoms with Crippen LogP contribution in [-0.4, -0.2) is 17.0 Å². The van der Waals surface area contributed by atoms with Gasteiger partial charge in [-0.1, -0.05) is 0 Å². The minimum absolute atomic E-state index is 0.102. The number of hydrogen-bond acceptors (Lipinski definition) is 3. The first-order valence-electron chi connectivity index (χ1n) is 3.79. The van der Waals surface area contributed by atoms with E-state index in [4.69, 9.17) is 5.11 Å². The van der Waals surface area contributed by atoms with Crippen LogP contribution in [0.15, 0.2) is 24.4 Å². The number of carboxylic acid groups (broad SMARTS) is 1. The zero-order chi connectivity index (χ0) is 10.6. The highest BCUT2D eigenvalue weighted by Gasteiger charge is 2.12. The van der Waals surface area contributed by atoms with Gasteiger partial charge >= 0.3 is 11.9 Å². The summed E-state index contributed by atoms with van der Waals surface area (Å²) in [6.45, 7) is -0.102. The molecule has 1 rings (SSSR count). The smallest absolute Gasteiger partial charge is 0.394 e. The van der Waals surface area contributed by atoms with Crippen LogP contribution in [0.25, 0.3) is 0 Å². The van der Waals surface area contributed by atoms with E-state index in [1.165, 1.54) is 18.3 Å². The maximum absolute atomic E-state index is 11.0. The van der Waals surface area contributed by atoms with Gasteiger partial charge in [-0.2, -0.15) is 4.73 Å². The molecular weight excluding hydrogens is 188 g/mol. The Morgan fingerprint density at radius 1 is 1.50 bits per heavy atom. The summed E-state index contributed by atoms with van der Waals surface area (Å²) in [5.41, 5.74) is 0.280. The third-order valence-corrected chi connectivity index (χ3v) is 1.53. The maximum atomic E-state index is 11.0. The summed E-state index contributed by atoms with van der Waals surface area (Å²) in [7, 11) is 0. The first-order valence-corrected chi connectivity index (χ1v) is 3.79. The predicted molar refractivity (Wildman–Crippen MR) is 44.9 cm³/mol. The van der Waals surface area contributed by atoms with Crippen LogP contribution in [0.2, 0.25) is 0 Å². The topological polar surface area (TPSA) is 93.3 Å². The van der Waals surface area contributed by atoms with E-state index in [2.05, 4.69) is 5.32 Å². The number of aromatic nitrogens is 1. The largest absolute Gasteiger partial charge is 0.618 e. The van der Waals surface area contributed by atoms with E-state index in [9.17, 15) is 14.8 Å². The lowest BCUT2D eigenvalue weighted by molar-refractivity contribution is -0.614. The minimum Gasteiger partial charge on any atom is -0.618 e. The molecule has 74 valence electrons. The van der Waals surface area contributed by atoms with Crippen molar-refractivity contribution < 1.29 is 19.4 Å². The van der Waals surface area contributed by atoms with Gasteiger partial charge in [-0.15, -0.1) is 0 Å². The highest BCUT2D eigenvalue weighted by atomic mass is 16.5. The molecule has 0 spiro atoms. The van der Waals surface area contributed by atoms with E-state index in [-0.39, 0.29) is 12.2 Å². The fourth-order valence-electron chi connectivity index (χ4n) is 0.847. The molecule has 0 saturated carbocycles. The molecule has 0 aliphatic heterocycles. The second kappa shape index (κ2) is 4.22. The zero-order valence-electron chi connectivity index (χ0n) is 7.14. The van der Waals surface area contributed by atoms with Crippen molar-refractivity contribution in [1.29, 1.82) is 0 Å². The van der Waals surface area contributed by atoms with Gasteiger partial charge < -0.3 is 15.6 Å². The van der Waals surface area contributed by atoms with Crippen molar-refractivity contribution in [2.75, 3.05) is 0 Å². The molecule has 0 fully saturated rings. The Kier molecular flexibility index (Phi) is 3.01. The third-order valence-electron chi connectivity index (χ3n) is 1.53. The van der Waals surface area contributed by atoms with Gasteiger partial charge in [0.05, 0.1) is 0 Å². The molecule has 0 aliphatic rings. The molecule has 0 aromatic carbocycles. The SMILES string of the molecule is O=C(O)C(=O)NCc1cccc[n+]1[O-]. The van der Waals surface area contributed by atoms with Crippen molar-refractivity contribution in [3.8, 4) is 0 Å². The third kappa shape index (κ3) is 2.44. The van der Waals surface area contributed by atoms with Gasteiger partial charge in [0, 0.05) is 12.1 Å². The number of aliphatic carboxylic acids is 1. The number of carbonyl (C=O) groups is 2. The fraction of sp³-hybridized carbons (Fsp3) is 0.125. The predicted octanol–water partition coefficient (Wildman–Crippen LogP) is -0.979.